The van der Waals surface area contributed by atoms with Crippen LogP contribution in [-0.2, 0) is 0 Å². The third kappa shape index (κ3) is 2.11. The maximum absolute atomic E-state index is 3.67. The van der Waals surface area contributed by atoms with Gasteiger partial charge in [0, 0.05) is 8.95 Å². The van der Waals surface area contributed by atoms with Gasteiger partial charge in [-0.05, 0) is 40.1 Å². The molecule has 88 valence electrons. The zero-order chi connectivity index (χ0) is 12.5. The van der Waals surface area contributed by atoms with Crippen LogP contribution in [0.2, 0.25) is 0 Å². The summed E-state index contributed by atoms with van der Waals surface area (Å²) in [5, 5.41) is 2.51. The van der Waals surface area contributed by atoms with Crippen molar-refractivity contribution >= 4 is 42.6 Å². The Kier molecular flexibility index (Phi) is 3.23. The molecule has 2 heteroatoms. The summed E-state index contributed by atoms with van der Waals surface area (Å²) >= 11 is 7.28. The molecule has 0 amide bonds. The molecule has 0 unspecified atom stereocenters. The molecule has 3 aromatic rings. The van der Waals surface area contributed by atoms with Crippen LogP contribution < -0.4 is 0 Å². The molecule has 0 atom stereocenters. The first kappa shape index (κ1) is 11.9. The largest absolute Gasteiger partial charge is 0.0616 e. The highest BCUT2D eigenvalue weighted by Crippen LogP contribution is 2.36. The van der Waals surface area contributed by atoms with E-state index in [1.807, 2.05) is 6.07 Å². The normalized spacial score (nSPS) is 10.8. The Morgan fingerprint density at radius 2 is 1.17 bits per heavy atom. The lowest BCUT2D eigenvalue weighted by Gasteiger charge is -2.09. The fourth-order valence-electron chi connectivity index (χ4n) is 2.10. The van der Waals surface area contributed by atoms with Crippen LogP contribution in [0.15, 0.2) is 69.6 Å². The van der Waals surface area contributed by atoms with Crippen LogP contribution >= 0.6 is 31.9 Å². The molecule has 0 aromatic heterocycles. The number of benzene rings is 3. The molecule has 0 saturated carbocycles. The molecule has 0 radical (unpaired) electrons. The van der Waals surface area contributed by atoms with E-state index in [0.29, 0.717) is 0 Å². The number of hydrogen-bond donors (Lipinski definition) is 0. The van der Waals surface area contributed by atoms with Gasteiger partial charge in [0.2, 0.25) is 0 Å². The van der Waals surface area contributed by atoms with E-state index in [0.717, 1.165) is 8.95 Å². The Morgan fingerprint density at radius 3 is 1.89 bits per heavy atom. The summed E-state index contributed by atoms with van der Waals surface area (Å²) in [6, 6.07) is 21.1. The Balaban J connectivity index is 2.30. The van der Waals surface area contributed by atoms with Crippen molar-refractivity contribution in [1.82, 2.24) is 0 Å². The molecular formula is C16H10Br2. The minimum Gasteiger partial charge on any atom is -0.0616 e. The van der Waals surface area contributed by atoms with Crippen LogP contribution in [0, 0.1) is 0 Å². The first-order valence-electron chi connectivity index (χ1n) is 5.69. The van der Waals surface area contributed by atoms with Crippen LogP contribution in [0.3, 0.4) is 0 Å². The lowest BCUT2D eigenvalue weighted by Crippen LogP contribution is -1.83. The van der Waals surface area contributed by atoms with E-state index in [2.05, 4.69) is 86.5 Å². The smallest absolute Gasteiger partial charge is 0.0260 e. The second kappa shape index (κ2) is 4.87. The molecule has 3 aromatic carbocycles. The van der Waals surface area contributed by atoms with Gasteiger partial charge in [-0.25, -0.2) is 0 Å². The number of halogens is 2. The first-order chi connectivity index (χ1) is 8.75. The van der Waals surface area contributed by atoms with Gasteiger partial charge in [-0.1, -0.05) is 74.3 Å². The van der Waals surface area contributed by atoms with Gasteiger partial charge in [0.1, 0.15) is 0 Å². The van der Waals surface area contributed by atoms with Crippen molar-refractivity contribution in [1.29, 1.82) is 0 Å². The molecule has 0 N–H and O–H groups in total. The summed E-state index contributed by atoms with van der Waals surface area (Å²) < 4.78 is 2.23. The lowest BCUT2D eigenvalue weighted by molar-refractivity contribution is 1.58. The van der Waals surface area contributed by atoms with Gasteiger partial charge in [0.05, 0.1) is 0 Å². The average Bonchev–Trinajstić information content (AvgIpc) is 2.39. The second-order valence-electron chi connectivity index (χ2n) is 4.16. The highest BCUT2D eigenvalue weighted by molar-refractivity contribution is 9.11. The minimum absolute atomic E-state index is 1.11. The summed E-state index contributed by atoms with van der Waals surface area (Å²) in [7, 11) is 0. The summed E-state index contributed by atoms with van der Waals surface area (Å²) in [6.07, 6.45) is 0. The predicted molar refractivity (Wildman–Crippen MR) is 84.8 cm³/mol. The van der Waals surface area contributed by atoms with E-state index in [4.69, 9.17) is 0 Å². The molecule has 0 bridgehead atoms. The molecule has 0 fully saturated rings. The van der Waals surface area contributed by atoms with Crippen LogP contribution in [0.1, 0.15) is 0 Å². The van der Waals surface area contributed by atoms with Crippen LogP contribution in [0.5, 0.6) is 0 Å². The fourth-order valence-corrected chi connectivity index (χ4v) is 3.17. The van der Waals surface area contributed by atoms with Crippen molar-refractivity contribution < 1.29 is 0 Å². The van der Waals surface area contributed by atoms with E-state index in [1.54, 1.807) is 0 Å². The zero-order valence-electron chi connectivity index (χ0n) is 9.53. The van der Waals surface area contributed by atoms with E-state index < -0.39 is 0 Å². The minimum atomic E-state index is 1.11. The Morgan fingerprint density at radius 1 is 0.556 bits per heavy atom. The standard InChI is InChI=1S/C16H10Br2/c17-15-8-4-3-7-13(15)14-9-11-5-1-2-6-12(11)10-16(14)18/h1-10H. The van der Waals surface area contributed by atoms with Crippen LogP contribution in [0.25, 0.3) is 21.9 Å². The SMILES string of the molecule is Brc1ccccc1-c1cc2ccccc2cc1Br. The van der Waals surface area contributed by atoms with Crippen molar-refractivity contribution in [2.45, 2.75) is 0 Å². The van der Waals surface area contributed by atoms with E-state index in [-0.39, 0.29) is 0 Å². The summed E-state index contributed by atoms with van der Waals surface area (Å²) in [5.41, 5.74) is 2.41. The van der Waals surface area contributed by atoms with Gasteiger partial charge in [-0.15, -0.1) is 0 Å². The molecule has 0 nitrogen and oxygen atoms in total. The molecule has 0 spiro atoms. The monoisotopic (exact) mass is 360 g/mol. The zero-order valence-corrected chi connectivity index (χ0v) is 12.7. The third-order valence-electron chi connectivity index (χ3n) is 3.00. The Labute approximate surface area is 123 Å². The molecule has 0 heterocycles. The number of fused-ring (bicyclic) bond motifs is 1. The van der Waals surface area contributed by atoms with Crippen molar-refractivity contribution in [3.8, 4) is 11.1 Å². The van der Waals surface area contributed by atoms with Crippen LogP contribution in [-0.4, -0.2) is 0 Å². The summed E-state index contributed by atoms with van der Waals surface area (Å²) in [5.74, 6) is 0. The molecule has 3 rings (SSSR count). The molecule has 0 aliphatic carbocycles. The Bertz CT molecular complexity index is 717. The first-order valence-corrected chi connectivity index (χ1v) is 7.27. The van der Waals surface area contributed by atoms with E-state index >= 15 is 0 Å². The molecule has 0 aliphatic rings. The van der Waals surface area contributed by atoms with Gasteiger partial charge >= 0.3 is 0 Å². The molecular weight excluding hydrogens is 352 g/mol. The van der Waals surface area contributed by atoms with Gasteiger partial charge < -0.3 is 0 Å². The number of hydrogen-bond acceptors (Lipinski definition) is 0. The number of rotatable bonds is 1. The third-order valence-corrected chi connectivity index (χ3v) is 4.35. The van der Waals surface area contributed by atoms with E-state index in [9.17, 15) is 0 Å². The second-order valence-corrected chi connectivity index (χ2v) is 5.87. The van der Waals surface area contributed by atoms with Crippen molar-refractivity contribution in [2.75, 3.05) is 0 Å². The highest BCUT2D eigenvalue weighted by Gasteiger charge is 2.07. The van der Waals surface area contributed by atoms with Crippen molar-refractivity contribution in [3.63, 3.8) is 0 Å². The predicted octanol–water partition coefficient (Wildman–Crippen LogP) is 6.03. The van der Waals surface area contributed by atoms with Gasteiger partial charge in [-0.3, -0.25) is 0 Å². The highest BCUT2D eigenvalue weighted by atomic mass is 79.9. The van der Waals surface area contributed by atoms with Crippen molar-refractivity contribution in [3.05, 3.63) is 69.6 Å². The summed E-state index contributed by atoms with van der Waals surface area (Å²) in [6.45, 7) is 0. The van der Waals surface area contributed by atoms with Gasteiger partial charge in [0.15, 0.2) is 0 Å². The van der Waals surface area contributed by atoms with Gasteiger partial charge in [0.25, 0.3) is 0 Å². The average molecular weight is 362 g/mol. The lowest BCUT2D eigenvalue weighted by atomic mass is 10.0. The molecule has 18 heavy (non-hydrogen) atoms. The van der Waals surface area contributed by atoms with Crippen molar-refractivity contribution in [2.24, 2.45) is 0 Å². The fraction of sp³-hybridized carbons (Fsp3) is 0. The topological polar surface area (TPSA) is 0 Å². The maximum atomic E-state index is 3.67. The Hall–Kier alpha value is -1.12. The quantitative estimate of drug-likeness (QED) is 0.496. The molecule has 0 saturated heterocycles. The van der Waals surface area contributed by atoms with Gasteiger partial charge in [-0.2, -0.15) is 0 Å². The summed E-state index contributed by atoms with van der Waals surface area (Å²) in [4.78, 5) is 0. The van der Waals surface area contributed by atoms with Crippen LogP contribution in [0.4, 0.5) is 0 Å². The van der Waals surface area contributed by atoms with E-state index in [1.165, 1.54) is 21.9 Å². The maximum Gasteiger partial charge on any atom is 0.0260 e. The molecule has 0 aliphatic heterocycles.